The Labute approximate surface area is 95.9 Å². The Morgan fingerprint density at radius 2 is 2.27 bits per heavy atom. The van der Waals surface area contributed by atoms with Gasteiger partial charge in [-0.1, -0.05) is 13.8 Å². The molecule has 1 spiro atoms. The molecule has 3 rings (SSSR count). The van der Waals surface area contributed by atoms with E-state index >= 15 is 0 Å². The molecule has 0 saturated heterocycles. The molecule has 1 aliphatic heterocycles. The highest BCUT2D eigenvalue weighted by atomic mass is 32.1. The molecular formula is C13H19NS. The molecule has 0 amide bonds. The summed E-state index contributed by atoms with van der Waals surface area (Å²) in [4.78, 5) is 1.64. The molecule has 1 aliphatic carbocycles. The van der Waals surface area contributed by atoms with E-state index < -0.39 is 0 Å². The van der Waals surface area contributed by atoms with Gasteiger partial charge in [-0.3, -0.25) is 0 Å². The summed E-state index contributed by atoms with van der Waals surface area (Å²) in [6.45, 7) is 5.89. The van der Waals surface area contributed by atoms with Gasteiger partial charge in [-0.25, -0.2) is 0 Å². The molecule has 0 aromatic carbocycles. The third kappa shape index (κ3) is 1.38. The Hall–Kier alpha value is -0.340. The zero-order valence-corrected chi connectivity index (χ0v) is 10.4. The predicted molar refractivity (Wildman–Crippen MR) is 65.3 cm³/mol. The first kappa shape index (κ1) is 9.86. The minimum absolute atomic E-state index is 0.377. The van der Waals surface area contributed by atoms with Gasteiger partial charge >= 0.3 is 0 Å². The van der Waals surface area contributed by atoms with Gasteiger partial charge in [-0.15, -0.1) is 11.3 Å². The summed E-state index contributed by atoms with van der Waals surface area (Å²) < 4.78 is 0. The maximum Gasteiger partial charge on any atom is 0.0451 e. The van der Waals surface area contributed by atoms with E-state index in [9.17, 15) is 0 Å². The van der Waals surface area contributed by atoms with E-state index in [1.165, 1.54) is 25.8 Å². The fourth-order valence-electron chi connectivity index (χ4n) is 3.14. The van der Waals surface area contributed by atoms with Gasteiger partial charge in [0.2, 0.25) is 0 Å². The van der Waals surface area contributed by atoms with Crippen LogP contribution in [-0.2, 0) is 12.0 Å². The maximum absolute atomic E-state index is 3.77. The van der Waals surface area contributed by atoms with Crippen LogP contribution in [0.1, 0.15) is 37.1 Å². The lowest BCUT2D eigenvalue weighted by Crippen LogP contribution is -2.56. The molecule has 1 N–H and O–H groups in total. The smallest absolute Gasteiger partial charge is 0.0451 e. The standard InChI is InChI=1S/C13H19NS/c1-9(2)10-7-13(8-10)11-4-6-15-12(11)3-5-14-13/h4,6,9-10,14H,3,5,7-8H2,1-2H3. The van der Waals surface area contributed by atoms with Crippen LogP contribution in [0.25, 0.3) is 0 Å². The largest absolute Gasteiger partial charge is 0.307 e. The van der Waals surface area contributed by atoms with E-state index in [2.05, 4.69) is 30.6 Å². The molecule has 2 aliphatic rings. The fourth-order valence-corrected chi connectivity index (χ4v) is 4.12. The number of fused-ring (bicyclic) bond motifs is 2. The van der Waals surface area contributed by atoms with E-state index in [4.69, 9.17) is 0 Å². The maximum atomic E-state index is 3.77. The van der Waals surface area contributed by atoms with E-state index in [-0.39, 0.29) is 0 Å². The van der Waals surface area contributed by atoms with Crippen LogP contribution in [0.5, 0.6) is 0 Å². The highest BCUT2D eigenvalue weighted by molar-refractivity contribution is 7.10. The Kier molecular flexibility index (Phi) is 2.18. The molecule has 0 bridgehead atoms. The highest BCUT2D eigenvalue weighted by Crippen LogP contribution is 2.51. The van der Waals surface area contributed by atoms with Crippen LogP contribution in [0.2, 0.25) is 0 Å². The number of hydrogen-bond acceptors (Lipinski definition) is 2. The first-order valence-corrected chi connectivity index (χ1v) is 6.91. The SMILES string of the molecule is CC(C)C1CC2(C1)NCCc1sccc12. The van der Waals surface area contributed by atoms with E-state index in [0.717, 1.165) is 11.8 Å². The molecule has 1 fully saturated rings. The Morgan fingerprint density at radius 1 is 1.47 bits per heavy atom. The monoisotopic (exact) mass is 221 g/mol. The Bertz CT molecular complexity index is 360. The van der Waals surface area contributed by atoms with Gasteiger partial charge in [0, 0.05) is 17.0 Å². The van der Waals surface area contributed by atoms with Crippen molar-refractivity contribution in [3.63, 3.8) is 0 Å². The molecule has 1 nitrogen and oxygen atoms in total. The molecule has 82 valence electrons. The molecule has 0 radical (unpaired) electrons. The van der Waals surface area contributed by atoms with Crippen molar-refractivity contribution in [1.82, 2.24) is 5.32 Å². The average Bonchev–Trinajstić information content (AvgIpc) is 2.60. The molecule has 2 heterocycles. The summed E-state index contributed by atoms with van der Waals surface area (Å²) in [5, 5.41) is 6.03. The van der Waals surface area contributed by atoms with E-state index in [1.807, 2.05) is 11.3 Å². The van der Waals surface area contributed by atoms with E-state index in [0.29, 0.717) is 5.54 Å². The van der Waals surface area contributed by atoms with Gasteiger partial charge < -0.3 is 5.32 Å². The van der Waals surface area contributed by atoms with Crippen LogP contribution < -0.4 is 5.32 Å². The van der Waals surface area contributed by atoms with Crippen molar-refractivity contribution in [2.75, 3.05) is 6.54 Å². The van der Waals surface area contributed by atoms with Gasteiger partial charge in [0.25, 0.3) is 0 Å². The molecule has 15 heavy (non-hydrogen) atoms. The quantitative estimate of drug-likeness (QED) is 0.768. The summed E-state index contributed by atoms with van der Waals surface area (Å²) in [6, 6.07) is 2.35. The van der Waals surface area contributed by atoms with Crippen molar-refractivity contribution in [3.05, 3.63) is 21.9 Å². The first-order valence-electron chi connectivity index (χ1n) is 6.03. The van der Waals surface area contributed by atoms with Gasteiger partial charge in [0.05, 0.1) is 0 Å². The van der Waals surface area contributed by atoms with E-state index in [1.54, 1.807) is 10.4 Å². The number of rotatable bonds is 1. The number of thiophene rings is 1. The Balaban J connectivity index is 1.86. The van der Waals surface area contributed by atoms with Crippen molar-refractivity contribution in [2.45, 2.75) is 38.6 Å². The van der Waals surface area contributed by atoms with Crippen LogP contribution in [0.4, 0.5) is 0 Å². The minimum Gasteiger partial charge on any atom is -0.307 e. The lowest BCUT2D eigenvalue weighted by Gasteiger charge is -2.52. The normalized spacial score (nSPS) is 34.2. The third-order valence-corrected chi connectivity index (χ3v) is 5.22. The van der Waals surface area contributed by atoms with Crippen LogP contribution in [0.3, 0.4) is 0 Å². The molecule has 1 saturated carbocycles. The van der Waals surface area contributed by atoms with Crippen molar-refractivity contribution < 1.29 is 0 Å². The summed E-state index contributed by atoms with van der Waals surface area (Å²) >= 11 is 1.95. The van der Waals surface area contributed by atoms with Crippen LogP contribution in [0, 0.1) is 11.8 Å². The second-order valence-electron chi connectivity index (χ2n) is 5.43. The summed E-state index contributed by atoms with van der Waals surface area (Å²) in [7, 11) is 0. The Morgan fingerprint density at radius 3 is 3.00 bits per heavy atom. The lowest BCUT2D eigenvalue weighted by atomic mass is 9.60. The van der Waals surface area contributed by atoms with Gasteiger partial charge in [-0.2, -0.15) is 0 Å². The first-order chi connectivity index (χ1) is 7.21. The topological polar surface area (TPSA) is 12.0 Å². The van der Waals surface area contributed by atoms with Crippen LogP contribution >= 0.6 is 11.3 Å². The van der Waals surface area contributed by atoms with Crippen LogP contribution in [-0.4, -0.2) is 6.54 Å². The zero-order valence-electron chi connectivity index (χ0n) is 9.55. The number of hydrogen-bond donors (Lipinski definition) is 1. The zero-order chi connectivity index (χ0) is 10.5. The molecule has 0 unspecified atom stereocenters. The molecule has 0 atom stereocenters. The van der Waals surface area contributed by atoms with Gasteiger partial charge in [0.1, 0.15) is 0 Å². The summed E-state index contributed by atoms with van der Waals surface area (Å²) in [6.07, 6.45) is 3.95. The average molecular weight is 221 g/mol. The fraction of sp³-hybridized carbons (Fsp3) is 0.692. The van der Waals surface area contributed by atoms with Crippen molar-refractivity contribution in [2.24, 2.45) is 11.8 Å². The van der Waals surface area contributed by atoms with Crippen molar-refractivity contribution in [3.8, 4) is 0 Å². The summed E-state index contributed by atoms with van der Waals surface area (Å²) in [5.41, 5.74) is 2.00. The molecule has 1 aromatic rings. The van der Waals surface area contributed by atoms with Crippen molar-refractivity contribution in [1.29, 1.82) is 0 Å². The minimum atomic E-state index is 0.377. The summed E-state index contributed by atoms with van der Waals surface area (Å²) in [5.74, 6) is 1.78. The number of nitrogens with one attached hydrogen (secondary N) is 1. The molecule has 2 heteroatoms. The second-order valence-corrected chi connectivity index (χ2v) is 6.43. The molecular weight excluding hydrogens is 202 g/mol. The predicted octanol–water partition coefficient (Wildman–Crippen LogP) is 3.16. The lowest BCUT2D eigenvalue weighted by molar-refractivity contribution is 0.0631. The highest BCUT2D eigenvalue weighted by Gasteiger charge is 2.48. The van der Waals surface area contributed by atoms with Crippen molar-refractivity contribution >= 4 is 11.3 Å². The van der Waals surface area contributed by atoms with Crippen LogP contribution in [0.15, 0.2) is 11.4 Å². The third-order valence-electron chi connectivity index (χ3n) is 4.24. The van der Waals surface area contributed by atoms with Gasteiger partial charge in [0.15, 0.2) is 0 Å². The second kappa shape index (κ2) is 3.33. The molecule has 1 aromatic heterocycles. The van der Waals surface area contributed by atoms with Gasteiger partial charge in [-0.05, 0) is 48.1 Å².